The Bertz CT molecular complexity index is 506. The molecule has 0 saturated heterocycles. The fourth-order valence-electron chi connectivity index (χ4n) is 2.22. The Kier molecular flexibility index (Phi) is 4.46. The Morgan fingerprint density at radius 3 is 2.74 bits per heavy atom. The van der Waals surface area contributed by atoms with E-state index in [4.69, 9.17) is 11.6 Å². The van der Waals surface area contributed by atoms with Crippen molar-refractivity contribution in [3.8, 4) is 0 Å². The van der Waals surface area contributed by atoms with Crippen LogP contribution in [0.4, 0.5) is 5.69 Å². The van der Waals surface area contributed by atoms with Crippen LogP contribution in [0.2, 0.25) is 5.02 Å². The van der Waals surface area contributed by atoms with Crippen molar-refractivity contribution in [3.63, 3.8) is 0 Å². The van der Waals surface area contributed by atoms with Crippen molar-refractivity contribution in [2.45, 2.75) is 43.9 Å². The van der Waals surface area contributed by atoms with E-state index in [-0.39, 0.29) is 16.6 Å². The van der Waals surface area contributed by atoms with Crippen molar-refractivity contribution in [3.05, 3.63) is 21.6 Å². The summed E-state index contributed by atoms with van der Waals surface area (Å²) < 4.78 is 1.71. The van der Waals surface area contributed by atoms with Gasteiger partial charge in [-0.05, 0) is 32.9 Å². The van der Waals surface area contributed by atoms with Gasteiger partial charge in [-0.25, -0.2) is 4.68 Å². The normalized spacial score (nSPS) is 17.3. The summed E-state index contributed by atoms with van der Waals surface area (Å²) in [7, 11) is 0. The Morgan fingerprint density at radius 2 is 2.26 bits per heavy atom. The van der Waals surface area contributed by atoms with Gasteiger partial charge in [0, 0.05) is 11.3 Å². The molecule has 0 atom stereocenters. The lowest BCUT2D eigenvalue weighted by atomic mass is 9.84. The van der Waals surface area contributed by atoms with Crippen molar-refractivity contribution >= 4 is 29.1 Å². The number of hydrogen-bond acceptors (Lipinski definition) is 4. The van der Waals surface area contributed by atoms with Crippen LogP contribution in [-0.4, -0.2) is 27.3 Å². The molecule has 2 rings (SSSR count). The van der Waals surface area contributed by atoms with Crippen LogP contribution < -0.4 is 10.9 Å². The number of halogens is 1. The SMILES string of the molecule is CSC1(CNc2cnn(C(C)C)c(=O)c2Cl)CCC1. The molecule has 0 radical (unpaired) electrons. The lowest BCUT2D eigenvalue weighted by molar-refractivity contribution is 0.380. The molecule has 19 heavy (non-hydrogen) atoms. The number of aromatic nitrogens is 2. The van der Waals surface area contributed by atoms with Crippen LogP contribution >= 0.6 is 23.4 Å². The smallest absolute Gasteiger partial charge is 0.287 e. The Balaban J connectivity index is 2.13. The minimum Gasteiger partial charge on any atom is -0.381 e. The minimum atomic E-state index is -0.228. The Hall–Kier alpha value is -0.680. The first kappa shape index (κ1) is 14.7. The van der Waals surface area contributed by atoms with Crippen LogP contribution in [0.5, 0.6) is 0 Å². The van der Waals surface area contributed by atoms with Gasteiger partial charge in [-0.15, -0.1) is 0 Å². The van der Waals surface area contributed by atoms with Gasteiger partial charge in [-0.1, -0.05) is 18.0 Å². The third kappa shape index (κ3) is 2.92. The van der Waals surface area contributed by atoms with Gasteiger partial charge in [-0.2, -0.15) is 16.9 Å². The number of anilines is 1. The number of rotatable bonds is 5. The van der Waals surface area contributed by atoms with Crippen LogP contribution in [0.3, 0.4) is 0 Å². The van der Waals surface area contributed by atoms with Crippen molar-refractivity contribution < 1.29 is 0 Å². The molecule has 1 aromatic heterocycles. The quantitative estimate of drug-likeness (QED) is 0.907. The van der Waals surface area contributed by atoms with Crippen LogP contribution in [0.1, 0.15) is 39.2 Å². The zero-order valence-corrected chi connectivity index (χ0v) is 13.1. The van der Waals surface area contributed by atoms with Gasteiger partial charge >= 0.3 is 0 Å². The summed E-state index contributed by atoms with van der Waals surface area (Å²) >= 11 is 8.02. The van der Waals surface area contributed by atoms with Crippen LogP contribution in [0.25, 0.3) is 0 Å². The molecule has 0 aromatic carbocycles. The van der Waals surface area contributed by atoms with Crippen molar-refractivity contribution in [2.75, 3.05) is 18.1 Å². The highest BCUT2D eigenvalue weighted by atomic mass is 35.5. The lowest BCUT2D eigenvalue weighted by Crippen LogP contribution is -2.40. The van der Waals surface area contributed by atoms with E-state index in [0.29, 0.717) is 10.4 Å². The fraction of sp³-hybridized carbons (Fsp3) is 0.692. The van der Waals surface area contributed by atoms with E-state index in [9.17, 15) is 4.79 Å². The summed E-state index contributed by atoms with van der Waals surface area (Å²) in [5.74, 6) is 0. The third-order valence-electron chi connectivity index (χ3n) is 3.73. The second kappa shape index (κ2) is 5.75. The number of nitrogens with zero attached hydrogens (tertiary/aromatic N) is 2. The summed E-state index contributed by atoms with van der Waals surface area (Å²) in [6.07, 6.45) is 7.50. The van der Waals surface area contributed by atoms with Crippen molar-refractivity contribution in [1.29, 1.82) is 0 Å². The van der Waals surface area contributed by atoms with E-state index in [1.165, 1.54) is 23.9 Å². The van der Waals surface area contributed by atoms with Gasteiger partial charge in [-0.3, -0.25) is 4.79 Å². The summed E-state index contributed by atoms with van der Waals surface area (Å²) in [6, 6.07) is 0.0169. The summed E-state index contributed by atoms with van der Waals surface area (Å²) in [5, 5.41) is 7.68. The summed E-state index contributed by atoms with van der Waals surface area (Å²) in [4.78, 5) is 12.0. The first-order valence-corrected chi connectivity index (χ1v) is 8.16. The maximum Gasteiger partial charge on any atom is 0.287 e. The first-order valence-electron chi connectivity index (χ1n) is 6.55. The second-order valence-electron chi connectivity index (χ2n) is 5.31. The Labute approximate surface area is 122 Å². The number of nitrogens with one attached hydrogen (secondary N) is 1. The summed E-state index contributed by atoms with van der Waals surface area (Å²) in [5.41, 5.74) is 0.414. The van der Waals surface area contributed by atoms with Gasteiger partial charge in [0.2, 0.25) is 0 Å². The van der Waals surface area contributed by atoms with Gasteiger partial charge in [0.25, 0.3) is 5.56 Å². The zero-order chi connectivity index (χ0) is 14.0. The van der Waals surface area contributed by atoms with Crippen molar-refractivity contribution in [2.24, 2.45) is 0 Å². The molecule has 1 aromatic rings. The highest BCUT2D eigenvalue weighted by Gasteiger charge is 2.36. The average Bonchev–Trinajstić information content (AvgIpc) is 2.33. The summed E-state index contributed by atoms with van der Waals surface area (Å²) in [6.45, 7) is 4.66. The predicted octanol–water partition coefficient (Wildman–Crippen LogP) is 3.18. The number of hydrogen-bond donors (Lipinski definition) is 1. The lowest BCUT2D eigenvalue weighted by Gasteiger charge is -2.40. The van der Waals surface area contributed by atoms with E-state index >= 15 is 0 Å². The molecule has 0 amide bonds. The van der Waals surface area contributed by atoms with Gasteiger partial charge in [0.15, 0.2) is 0 Å². The minimum absolute atomic E-state index is 0.0169. The van der Waals surface area contributed by atoms with Gasteiger partial charge < -0.3 is 5.32 Å². The van der Waals surface area contributed by atoms with Crippen molar-refractivity contribution in [1.82, 2.24) is 9.78 Å². The Morgan fingerprint density at radius 1 is 1.58 bits per heavy atom. The highest BCUT2D eigenvalue weighted by molar-refractivity contribution is 8.00. The molecule has 0 aliphatic heterocycles. The molecule has 1 heterocycles. The van der Waals surface area contributed by atoms with Gasteiger partial charge in [0.05, 0.1) is 17.9 Å². The van der Waals surface area contributed by atoms with Crippen LogP contribution in [-0.2, 0) is 0 Å². The molecule has 0 bridgehead atoms. The molecule has 4 nitrogen and oxygen atoms in total. The second-order valence-corrected chi connectivity index (χ2v) is 6.96. The maximum absolute atomic E-state index is 12.0. The molecular formula is C13H20ClN3OS. The van der Waals surface area contributed by atoms with E-state index in [1.807, 2.05) is 25.6 Å². The molecule has 1 aliphatic rings. The molecule has 106 valence electrons. The zero-order valence-electron chi connectivity index (χ0n) is 11.6. The molecule has 1 saturated carbocycles. The van der Waals surface area contributed by atoms with E-state index in [0.717, 1.165) is 6.54 Å². The predicted molar refractivity (Wildman–Crippen MR) is 82.5 cm³/mol. The fourth-order valence-corrected chi connectivity index (χ4v) is 3.33. The molecule has 1 aliphatic carbocycles. The number of thioether (sulfide) groups is 1. The van der Waals surface area contributed by atoms with E-state index in [2.05, 4.69) is 16.7 Å². The monoisotopic (exact) mass is 301 g/mol. The van der Waals surface area contributed by atoms with Crippen LogP contribution in [0.15, 0.2) is 11.0 Å². The topological polar surface area (TPSA) is 46.9 Å². The average molecular weight is 302 g/mol. The molecule has 1 N–H and O–H groups in total. The molecule has 0 unspecified atom stereocenters. The standard InChI is InChI=1S/C13H20ClN3OS/c1-9(2)17-12(18)11(14)10(7-16-17)15-8-13(19-3)5-4-6-13/h7,9,15H,4-6,8H2,1-3H3. The third-order valence-corrected chi connectivity index (χ3v) is 5.52. The van der Waals surface area contributed by atoms with E-state index < -0.39 is 0 Å². The molecule has 0 spiro atoms. The molecular weight excluding hydrogens is 282 g/mol. The van der Waals surface area contributed by atoms with E-state index in [1.54, 1.807) is 6.20 Å². The first-order chi connectivity index (χ1) is 8.99. The maximum atomic E-state index is 12.0. The largest absolute Gasteiger partial charge is 0.381 e. The van der Waals surface area contributed by atoms with Crippen LogP contribution in [0, 0.1) is 0 Å². The molecule has 6 heteroatoms. The highest BCUT2D eigenvalue weighted by Crippen LogP contribution is 2.42. The molecule has 1 fully saturated rings. The van der Waals surface area contributed by atoms with Gasteiger partial charge in [0.1, 0.15) is 5.02 Å².